The van der Waals surface area contributed by atoms with E-state index in [1.54, 1.807) is 0 Å². The zero-order chi connectivity index (χ0) is 8.04. The Hall–Kier alpha value is -0.260. The van der Waals surface area contributed by atoms with Crippen molar-refractivity contribution in [3.8, 4) is 0 Å². The molecule has 0 unspecified atom stereocenters. The molecule has 10 heavy (non-hydrogen) atoms. The average molecular weight is 139 g/mol. The summed E-state index contributed by atoms with van der Waals surface area (Å²) < 4.78 is 0. The van der Waals surface area contributed by atoms with Gasteiger partial charge in [-0.1, -0.05) is 26.8 Å². The molecule has 0 rings (SSSR count). The van der Waals surface area contributed by atoms with Crippen LogP contribution in [-0.2, 0) is 0 Å². The summed E-state index contributed by atoms with van der Waals surface area (Å²) in [5.74, 6) is 0. The molecule has 0 N–H and O–H groups in total. The highest BCUT2D eigenvalue weighted by molar-refractivity contribution is 4.73. The molecule has 0 aliphatic carbocycles. The molecule has 0 heteroatoms. The van der Waals surface area contributed by atoms with Gasteiger partial charge in [-0.3, -0.25) is 0 Å². The summed E-state index contributed by atoms with van der Waals surface area (Å²) in [7, 11) is 0. The molecule has 0 aromatic carbocycles. The van der Waals surface area contributed by atoms with Gasteiger partial charge >= 0.3 is 0 Å². The minimum absolute atomic E-state index is 0.434. The molecule has 0 saturated carbocycles. The molecule has 0 spiro atoms. The molecule has 0 aliphatic heterocycles. The molecule has 0 aromatic rings. The highest BCUT2D eigenvalue weighted by Gasteiger charge is 2.12. The SMILES string of the molecule is [CH2]CC(C)(C)CCCC=C. The van der Waals surface area contributed by atoms with Crippen LogP contribution in [0.2, 0.25) is 0 Å². The highest BCUT2D eigenvalue weighted by atomic mass is 14.2. The standard InChI is InChI=1S/C10H19/c1-5-7-8-9-10(3,4)6-2/h5H,1-2,6-9H2,3-4H3. The third-order valence-electron chi connectivity index (χ3n) is 1.94. The van der Waals surface area contributed by atoms with Gasteiger partial charge in [0.05, 0.1) is 0 Å². The smallest absolute Gasteiger partial charge is 0.0353 e. The Labute approximate surface area is 65.3 Å². The molecule has 59 valence electrons. The molecule has 0 amide bonds. The van der Waals surface area contributed by atoms with E-state index in [0.717, 1.165) is 12.8 Å². The Morgan fingerprint density at radius 2 is 2.00 bits per heavy atom. The van der Waals surface area contributed by atoms with Crippen molar-refractivity contribution in [3.63, 3.8) is 0 Å². The van der Waals surface area contributed by atoms with E-state index in [0.29, 0.717) is 5.41 Å². The van der Waals surface area contributed by atoms with Gasteiger partial charge in [0.1, 0.15) is 0 Å². The quantitative estimate of drug-likeness (QED) is 0.403. The predicted molar refractivity (Wildman–Crippen MR) is 47.8 cm³/mol. The minimum Gasteiger partial charge on any atom is -0.103 e. The fourth-order valence-corrected chi connectivity index (χ4v) is 0.850. The first-order valence-corrected chi connectivity index (χ1v) is 4.02. The van der Waals surface area contributed by atoms with Gasteiger partial charge in [0.2, 0.25) is 0 Å². The molecule has 0 aromatic heterocycles. The zero-order valence-electron chi connectivity index (χ0n) is 7.32. The first kappa shape index (κ1) is 9.74. The second kappa shape index (κ2) is 4.54. The van der Waals surface area contributed by atoms with Gasteiger partial charge < -0.3 is 0 Å². The van der Waals surface area contributed by atoms with Crippen molar-refractivity contribution in [2.45, 2.75) is 39.5 Å². The van der Waals surface area contributed by atoms with E-state index >= 15 is 0 Å². The lowest BCUT2D eigenvalue weighted by Crippen LogP contribution is -2.08. The van der Waals surface area contributed by atoms with Crippen LogP contribution >= 0.6 is 0 Å². The summed E-state index contributed by atoms with van der Waals surface area (Å²) in [6.07, 6.45) is 6.68. The van der Waals surface area contributed by atoms with Crippen LogP contribution in [0.1, 0.15) is 39.5 Å². The summed E-state index contributed by atoms with van der Waals surface area (Å²) in [5, 5.41) is 0. The van der Waals surface area contributed by atoms with E-state index in [2.05, 4.69) is 27.4 Å². The summed E-state index contributed by atoms with van der Waals surface area (Å²) in [6, 6.07) is 0. The van der Waals surface area contributed by atoms with Crippen LogP contribution in [0.4, 0.5) is 0 Å². The van der Waals surface area contributed by atoms with Crippen molar-refractivity contribution >= 4 is 0 Å². The van der Waals surface area contributed by atoms with Gasteiger partial charge in [-0.2, -0.15) is 0 Å². The molecule has 0 bridgehead atoms. The fourth-order valence-electron chi connectivity index (χ4n) is 0.850. The van der Waals surface area contributed by atoms with Crippen molar-refractivity contribution in [2.75, 3.05) is 0 Å². The maximum absolute atomic E-state index is 3.91. The number of unbranched alkanes of at least 4 members (excludes halogenated alkanes) is 1. The number of hydrogen-bond acceptors (Lipinski definition) is 0. The number of hydrogen-bond donors (Lipinski definition) is 0. The van der Waals surface area contributed by atoms with Crippen LogP contribution < -0.4 is 0 Å². The molecular weight excluding hydrogens is 120 g/mol. The van der Waals surface area contributed by atoms with E-state index < -0.39 is 0 Å². The summed E-state index contributed by atoms with van der Waals surface area (Å²) in [5.41, 5.74) is 0.434. The predicted octanol–water partition coefficient (Wildman–Crippen LogP) is 3.59. The van der Waals surface area contributed by atoms with Crippen LogP contribution in [0, 0.1) is 12.3 Å². The Morgan fingerprint density at radius 3 is 2.40 bits per heavy atom. The van der Waals surface area contributed by atoms with Crippen molar-refractivity contribution in [1.82, 2.24) is 0 Å². The van der Waals surface area contributed by atoms with Gasteiger partial charge in [-0.25, -0.2) is 0 Å². The van der Waals surface area contributed by atoms with Gasteiger partial charge in [-0.05, 0) is 31.1 Å². The van der Waals surface area contributed by atoms with Crippen LogP contribution in [0.5, 0.6) is 0 Å². The Morgan fingerprint density at radius 1 is 1.40 bits per heavy atom. The lowest BCUT2D eigenvalue weighted by Gasteiger charge is -2.21. The molecule has 0 saturated heterocycles. The highest BCUT2D eigenvalue weighted by Crippen LogP contribution is 2.26. The van der Waals surface area contributed by atoms with Crippen LogP contribution in [0.3, 0.4) is 0 Å². The summed E-state index contributed by atoms with van der Waals surface area (Å²) >= 11 is 0. The third-order valence-corrected chi connectivity index (χ3v) is 1.94. The third kappa shape index (κ3) is 4.60. The fraction of sp³-hybridized carbons (Fsp3) is 0.700. The first-order chi connectivity index (χ1) is 4.62. The Bertz CT molecular complexity index is 90.2. The van der Waals surface area contributed by atoms with Crippen molar-refractivity contribution in [3.05, 3.63) is 19.6 Å². The molecular formula is C10H19. The van der Waals surface area contributed by atoms with Crippen molar-refractivity contribution < 1.29 is 0 Å². The summed E-state index contributed by atoms with van der Waals surface area (Å²) in [4.78, 5) is 0. The van der Waals surface area contributed by atoms with Gasteiger partial charge in [0, 0.05) is 0 Å². The maximum Gasteiger partial charge on any atom is -0.0353 e. The van der Waals surface area contributed by atoms with E-state index in [1.807, 2.05) is 6.08 Å². The van der Waals surface area contributed by atoms with Crippen molar-refractivity contribution in [1.29, 1.82) is 0 Å². The average Bonchev–Trinajstić information content (AvgIpc) is 1.89. The minimum atomic E-state index is 0.434. The lowest BCUT2D eigenvalue weighted by atomic mass is 9.85. The Balaban J connectivity index is 3.36. The number of rotatable bonds is 5. The molecule has 0 atom stereocenters. The topological polar surface area (TPSA) is 0 Å². The summed E-state index contributed by atoms with van der Waals surface area (Å²) in [6.45, 7) is 12.1. The molecule has 0 heterocycles. The first-order valence-electron chi connectivity index (χ1n) is 4.02. The Kier molecular flexibility index (Phi) is 4.42. The van der Waals surface area contributed by atoms with Gasteiger partial charge in [0.15, 0.2) is 0 Å². The van der Waals surface area contributed by atoms with Gasteiger partial charge in [0.25, 0.3) is 0 Å². The normalized spacial score (nSPS) is 11.5. The van der Waals surface area contributed by atoms with E-state index in [9.17, 15) is 0 Å². The molecule has 1 radical (unpaired) electrons. The number of allylic oxidation sites excluding steroid dienone is 1. The van der Waals surface area contributed by atoms with Crippen LogP contribution in [0.25, 0.3) is 0 Å². The largest absolute Gasteiger partial charge is 0.103 e. The molecule has 0 aliphatic rings. The second-order valence-electron chi connectivity index (χ2n) is 3.60. The van der Waals surface area contributed by atoms with Crippen molar-refractivity contribution in [2.24, 2.45) is 5.41 Å². The van der Waals surface area contributed by atoms with E-state index in [-0.39, 0.29) is 0 Å². The molecule has 0 fully saturated rings. The lowest BCUT2D eigenvalue weighted by molar-refractivity contribution is 0.329. The molecule has 0 nitrogen and oxygen atoms in total. The maximum atomic E-state index is 3.91. The van der Waals surface area contributed by atoms with E-state index in [4.69, 9.17) is 0 Å². The van der Waals surface area contributed by atoms with E-state index in [1.165, 1.54) is 12.8 Å². The van der Waals surface area contributed by atoms with Crippen LogP contribution in [0.15, 0.2) is 12.7 Å². The zero-order valence-corrected chi connectivity index (χ0v) is 7.32. The second-order valence-corrected chi connectivity index (χ2v) is 3.60. The van der Waals surface area contributed by atoms with Crippen LogP contribution in [-0.4, -0.2) is 0 Å². The van der Waals surface area contributed by atoms with Gasteiger partial charge in [-0.15, -0.1) is 6.58 Å². The monoisotopic (exact) mass is 139 g/mol.